The Labute approximate surface area is 95.8 Å². The van der Waals surface area contributed by atoms with Crippen LogP contribution in [0.15, 0.2) is 12.1 Å². The molecular weight excluding hydrogens is 212 g/mol. The Bertz CT molecular complexity index is 359. The lowest BCUT2D eigenvalue weighted by Crippen LogP contribution is -2.24. The maximum atomic E-state index is 9.36. The van der Waals surface area contributed by atoms with Crippen LogP contribution in [-0.4, -0.2) is 18.8 Å². The third-order valence-corrected chi connectivity index (χ3v) is 2.98. The van der Waals surface area contributed by atoms with Crippen molar-refractivity contribution in [2.45, 2.75) is 26.2 Å². The van der Waals surface area contributed by atoms with Crippen LogP contribution in [0, 0.1) is 6.92 Å². The summed E-state index contributed by atoms with van der Waals surface area (Å²) in [5, 5.41) is 9.95. The van der Waals surface area contributed by atoms with Gasteiger partial charge in [-0.2, -0.15) is 0 Å². The lowest BCUT2D eigenvalue weighted by Gasteiger charge is -2.26. The SMILES string of the molecule is COc1ccc(C)c(C(C)(C)CO)c1Cl. The molecule has 0 fully saturated rings. The summed E-state index contributed by atoms with van der Waals surface area (Å²) in [6, 6.07) is 3.80. The number of aliphatic hydroxyl groups is 1. The molecule has 0 aliphatic carbocycles. The van der Waals surface area contributed by atoms with Gasteiger partial charge in [0, 0.05) is 5.41 Å². The topological polar surface area (TPSA) is 29.5 Å². The highest BCUT2D eigenvalue weighted by Gasteiger charge is 2.26. The number of benzene rings is 1. The first-order valence-corrected chi connectivity index (χ1v) is 5.26. The Balaban J connectivity index is 3.39. The number of ether oxygens (including phenoxy) is 1. The largest absolute Gasteiger partial charge is 0.495 e. The summed E-state index contributed by atoms with van der Waals surface area (Å²) in [6.45, 7) is 5.96. The third kappa shape index (κ3) is 2.27. The van der Waals surface area contributed by atoms with Crippen LogP contribution < -0.4 is 4.74 Å². The molecule has 0 aliphatic rings. The highest BCUT2D eigenvalue weighted by molar-refractivity contribution is 6.33. The third-order valence-electron chi connectivity index (χ3n) is 2.61. The molecule has 0 saturated carbocycles. The lowest BCUT2D eigenvalue weighted by atomic mass is 9.82. The molecular formula is C12H17ClO2. The van der Waals surface area contributed by atoms with Crippen LogP contribution >= 0.6 is 11.6 Å². The molecule has 0 aromatic heterocycles. The summed E-state index contributed by atoms with van der Waals surface area (Å²) >= 11 is 6.24. The van der Waals surface area contributed by atoms with Crippen molar-refractivity contribution in [1.82, 2.24) is 0 Å². The Morgan fingerprint density at radius 3 is 2.47 bits per heavy atom. The monoisotopic (exact) mass is 228 g/mol. The van der Waals surface area contributed by atoms with E-state index in [0.29, 0.717) is 10.8 Å². The highest BCUT2D eigenvalue weighted by Crippen LogP contribution is 2.38. The number of methoxy groups -OCH3 is 1. The standard InChI is InChI=1S/C12H17ClO2/c1-8-5-6-9(15-4)11(13)10(8)12(2,3)7-14/h5-6,14H,7H2,1-4H3. The van der Waals surface area contributed by atoms with Gasteiger partial charge in [0.25, 0.3) is 0 Å². The minimum atomic E-state index is -0.351. The summed E-state index contributed by atoms with van der Waals surface area (Å²) in [6.07, 6.45) is 0. The molecule has 0 radical (unpaired) electrons. The van der Waals surface area contributed by atoms with E-state index in [4.69, 9.17) is 16.3 Å². The van der Waals surface area contributed by atoms with Crippen LogP contribution in [0.25, 0.3) is 0 Å². The van der Waals surface area contributed by atoms with Crippen molar-refractivity contribution in [3.05, 3.63) is 28.3 Å². The van der Waals surface area contributed by atoms with Crippen molar-refractivity contribution in [2.75, 3.05) is 13.7 Å². The van der Waals surface area contributed by atoms with Crippen LogP contribution in [0.1, 0.15) is 25.0 Å². The quantitative estimate of drug-likeness (QED) is 0.862. The number of hydrogen-bond acceptors (Lipinski definition) is 2. The van der Waals surface area contributed by atoms with Gasteiger partial charge in [0.1, 0.15) is 5.75 Å². The summed E-state index contributed by atoms with van der Waals surface area (Å²) in [4.78, 5) is 0. The van der Waals surface area contributed by atoms with Crippen molar-refractivity contribution in [3.8, 4) is 5.75 Å². The zero-order valence-electron chi connectivity index (χ0n) is 9.60. The molecule has 0 bridgehead atoms. The zero-order chi connectivity index (χ0) is 11.6. The number of hydrogen-bond donors (Lipinski definition) is 1. The van der Waals surface area contributed by atoms with E-state index in [-0.39, 0.29) is 12.0 Å². The van der Waals surface area contributed by atoms with Gasteiger partial charge >= 0.3 is 0 Å². The second kappa shape index (κ2) is 4.42. The smallest absolute Gasteiger partial charge is 0.137 e. The van der Waals surface area contributed by atoms with E-state index >= 15 is 0 Å². The summed E-state index contributed by atoms with van der Waals surface area (Å²) in [7, 11) is 1.59. The molecule has 1 aromatic rings. The zero-order valence-corrected chi connectivity index (χ0v) is 10.4. The van der Waals surface area contributed by atoms with Crippen LogP contribution in [0.2, 0.25) is 5.02 Å². The fourth-order valence-electron chi connectivity index (χ4n) is 1.72. The van der Waals surface area contributed by atoms with E-state index in [9.17, 15) is 5.11 Å². The van der Waals surface area contributed by atoms with Crippen molar-refractivity contribution in [3.63, 3.8) is 0 Å². The fraction of sp³-hybridized carbons (Fsp3) is 0.500. The maximum Gasteiger partial charge on any atom is 0.137 e. The molecule has 84 valence electrons. The molecule has 0 unspecified atom stereocenters. The van der Waals surface area contributed by atoms with E-state index < -0.39 is 0 Å². The molecule has 1 aromatic carbocycles. The van der Waals surface area contributed by atoms with Gasteiger partial charge in [0.05, 0.1) is 18.7 Å². The van der Waals surface area contributed by atoms with Gasteiger partial charge in [-0.3, -0.25) is 0 Å². The second-order valence-corrected chi connectivity index (χ2v) is 4.69. The Kier molecular flexibility index (Phi) is 3.63. The van der Waals surface area contributed by atoms with Crippen molar-refractivity contribution >= 4 is 11.6 Å². The van der Waals surface area contributed by atoms with Crippen LogP contribution in [-0.2, 0) is 5.41 Å². The van der Waals surface area contributed by atoms with E-state index in [1.165, 1.54) is 0 Å². The number of aryl methyl sites for hydroxylation is 1. The minimum Gasteiger partial charge on any atom is -0.495 e. The molecule has 0 saturated heterocycles. The van der Waals surface area contributed by atoms with Crippen molar-refractivity contribution in [1.29, 1.82) is 0 Å². The normalized spacial score (nSPS) is 11.6. The molecule has 1 rings (SSSR count). The van der Waals surface area contributed by atoms with Crippen LogP contribution in [0.4, 0.5) is 0 Å². The molecule has 15 heavy (non-hydrogen) atoms. The van der Waals surface area contributed by atoms with Gasteiger partial charge in [-0.25, -0.2) is 0 Å². The Morgan fingerprint density at radius 1 is 1.40 bits per heavy atom. The number of aliphatic hydroxyl groups excluding tert-OH is 1. The van der Waals surface area contributed by atoms with Crippen LogP contribution in [0.5, 0.6) is 5.75 Å². The van der Waals surface area contributed by atoms with Gasteiger partial charge < -0.3 is 9.84 Å². The molecule has 0 atom stereocenters. The van der Waals surface area contributed by atoms with Gasteiger partial charge in [-0.05, 0) is 24.1 Å². The van der Waals surface area contributed by atoms with Crippen LogP contribution in [0.3, 0.4) is 0 Å². The highest BCUT2D eigenvalue weighted by atomic mass is 35.5. The summed E-state index contributed by atoms with van der Waals surface area (Å²) in [5.41, 5.74) is 1.67. The molecule has 1 N–H and O–H groups in total. The fourth-order valence-corrected chi connectivity index (χ4v) is 2.27. The summed E-state index contributed by atoms with van der Waals surface area (Å²) in [5.74, 6) is 0.652. The first-order chi connectivity index (χ1) is 6.94. The van der Waals surface area contributed by atoms with Crippen molar-refractivity contribution in [2.24, 2.45) is 0 Å². The van der Waals surface area contributed by atoms with E-state index in [1.807, 2.05) is 32.9 Å². The first kappa shape index (κ1) is 12.3. The molecule has 3 heteroatoms. The summed E-state index contributed by atoms with van der Waals surface area (Å²) < 4.78 is 5.17. The van der Waals surface area contributed by atoms with Gasteiger partial charge in [0.15, 0.2) is 0 Å². The van der Waals surface area contributed by atoms with Crippen molar-refractivity contribution < 1.29 is 9.84 Å². The molecule has 0 aliphatic heterocycles. The van der Waals surface area contributed by atoms with Gasteiger partial charge in [0.2, 0.25) is 0 Å². The van der Waals surface area contributed by atoms with E-state index in [2.05, 4.69) is 0 Å². The molecule has 0 spiro atoms. The average Bonchev–Trinajstić information content (AvgIpc) is 2.18. The number of halogens is 1. The number of rotatable bonds is 3. The second-order valence-electron chi connectivity index (χ2n) is 4.32. The van der Waals surface area contributed by atoms with E-state index in [0.717, 1.165) is 11.1 Å². The molecule has 2 nitrogen and oxygen atoms in total. The minimum absolute atomic E-state index is 0.0563. The van der Waals surface area contributed by atoms with Gasteiger partial charge in [-0.1, -0.05) is 31.5 Å². The molecule has 0 amide bonds. The van der Waals surface area contributed by atoms with E-state index in [1.54, 1.807) is 7.11 Å². The maximum absolute atomic E-state index is 9.36. The average molecular weight is 229 g/mol. The molecule has 0 heterocycles. The predicted octanol–water partition coefficient (Wildman–Crippen LogP) is 2.93. The Morgan fingerprint density at radius 2 is 2.00 bits per heavy atom. The van der Waals surface area contributed by atoms with Gasteiger partial charge in [-0.15, -0.1) is 0 Å². The Hall–Kier alpha value is -0.730. The first-order valence-electron chi connectivity index (χ1n) is 4.88. The lowest BCUT2D eigenvalue weighted by molar-refractivity contribution is 0.217. The predicted molar refractivity (Wildman–Crippen MR) is 62.9 cm³/mol.